The quantitative estimate of drug-likeness (QED) is 0.565. The molecule has 0 heterocycles. The summed E-state index contributed by atoms with van der Waals surface area (Å²) in [6, 6.07) is 5.14. The van der Waals surface area contributed by atoms with Crippen LogP contribution >= 0.6 is 11.6 Å². The van der Waals surface area contributed by atoms with Crippen LogP contribution in [-0.2, 0) is 6.54 Å². The molecular formula is C10H10ClNO2. The van der Waals surface area contributed by atoms with E-state index >= 15 is 0 Å². The monoisotopic (exact) mass is 211 g/mol. The van der Waals surface area contributed by atoms with E-state index < -0.39 is 0 Å². The molecule has 1 aromatic rings. The lowest BCUT2D eigenvalue weighted by Crippen LogP contribution is -1.86. The first-order valence-electron chi connectivity index (χ1n) is 4.13. The molecule has 3 nitrogen and oxygen atoms in total. The first-order chi connectivity index (χ1) is 6.77. The molecule has 0 aromatic heterocycles. The minimum absolute atomic E-state index is 0.129. The number of halogens is 1. The van der Waals surface area contributed by atoms with Gasteiger partial charge in [0.1, 0.15) is 12.3 Å². The highest BCUT2D eigenvalue weighted by atomic mass is 35.5. The van der Waals surface area contributed by atoms with Gasteiger partial charge in [-0.2, -0.15) is 4.91 Å². The second-order valence-electron chi connectivity index (χ2n) is 2.64. The Morgan fingerprint density at radius 2 is 2.36 bits per heavy atom. The standard InChI is InChI=1S/C10H10ClNO2/c1-2-5-14-10-4-3-8(7-12-13)6-9(10)11/h2-6H,7H2,1H3. The van der Waals surface area contributed by atoms with Gasteiger partial charge in [0, 0.05) is 0 Å². The van der Waals surface area contributed by atoms with Crippen LogP contribution in [0.2, 0.25) is 5.02 Å². The zero-order chi connectivity index (χ0) is 10.4. The van der Waals surface area contributed by atoms with E-state index in [9.17, 15) is 4.91 Å². The van der Waals surface area contributed by atoms with Crippen molar-refractivity contribution < 1.29 is 4.74 Å². The molecule has 74 valence electrons. The lowest BCUT2D eigenvalue weighted by Gasteiger charge is -2.03. The van der Waals surface area contributed by atoms with Crippen LogP contribution in [0, 0.1) is 4.91 Å². The van der Waals surface area contributed by atoms with Crippen molar-refractivity contribution in [2.24, 2.45) is 5.18 Å². The molecule has 0 spiro atoms. The van der Waals surface area contributed by atoms with E-state index in [0.717, 1.165) is 5.56 Å². The topological polar surface area (TPSA) is 38.7 Å². The average Bonchev–Trinajstić information content (AvgIpc) is 2.17. The maximum atomic E-state index is 10.0. The minimum atomic E-state index is 0.129. The molecule has 1 rings (SSSR count). The molecule has 0 amide bonds. The Morgan fingerprint density at radius 1 is 1.57 bits per heavy atom. The fourth-order valence-electron chi connectivity index (χ4n) is 0.954. The van der Waals surface area contributed by atoms with Gasteiger partial charge in [-0.05, 0) is 24.6 Å². The van der Waals surface area contributed by atoms with Crippen molar-refractivity contribution in [1.82, 2.24) is 0 Å². The van der Waals surface area contributed by atoms with E-state index in [1.54, 1.807) is 30.5 Å². The normalized spacial score (nSPS) is 10.4. The predicted molar refractivity (Wildman–Crippen MR) is 56.4 cm³/mol. The van der Waals surface area contributed by atoms with E-state index in [1.165, 1.54) is 0 Å². The number of benzene rings is 1. The summed E-state index contributed by atoms with van der Waals surface area (Å²) in [4.78, 5) is 10.0. The number of nitroso groups, excluding NO2 is 1. The van der Waals surface area contributed by atoms with Crippen molar-refractivity contribution in [2.75, 3.05) is 0 Å². The molecule has 0 saturated heterocycles. The Kier molecular flexibility index (Phi) is 4.13. The Balaban J connectivity index is 2.83. The van der Waals surface area contributed by atoms with Gasteiger partial charge < -0.3 is 4.74 Å². The second kappa shape index (κ2) is 5.40. The Hall–Kier alpha value is -1.35. The molecule has 0 saturated carbocycles. The van der Waals surface area contributed by atoms with Crippen LogP contribution < -0.4 is 4.74 Å². The zero-order valence-electron chi connectivity index (χ0n) is 7.74. The highest BCUT2D eigenvalue weighted by Gasteiger charge is 2.01. The lowest BCUT2D eigenvalue weighted by atomic mass is 10.2. The summed E-state index contributed by atoms with van der Waals surface area (Å²) in [5.41, 5.74) is 0.776. The van der Waals surface area contributed by atoms with Crippen molar-refractivity contribution in [2.45, 2.75) is 13.5 Å². The number of ether oxygens (including phenoxy) is 1. The van der Waals surface area contributed by atoms with Crippen molar-refractivity contribution >= 4 is 11.6 Å². The molecule has 0 unspecified atom stereocenters. The minimum Gasteiger partial charge on any atom is -0.464 e. The number of nitrogens with zero attached hydrogens (tertiary/aromatic N) is 1. The van der Waals surface area contributed by atoms with Gasteiger partial charge in [-0.1, -0.05) is 28.9 Å². The van der Waals surface area contributed by atoms with Gasteiger partial charge in [-0.25, -0.2) is 0 Å². The Morgan fingerprint density at radius 3 is 2.93 bits per heavy atom. The van der Waals surface area contributed by atoms with Gasteiger partial charge in [0.05, 0.1) is 11.3 Å². The van der Waals surface area contributed by atoms with Gasteiger partial charge in [0.15, 0.2) is 0 Å². The van der Waals surface area contributed by atoms with Gasteiger partial charge >= 0.3 is 0 Å². The third kappa shape index (κ3) is 2.85. The molecule has 0 bridgehead atoms. The number of allylic oxidation sites excluding steroid dienone is 1. The zero-order valence-corrected chi connectivity index (χ0v) is 8.49. The third-order valence-corrected chi connectivity index (χ3v) is 1.87. The first kappa shape index (κ1) is 10.7. The largest absolute Gasteiger partial charge is 0.464 e. The Labute approximate surface area is 87.3 Å². The van der Waals surface area contributed by atoms with E-state index in [4.69, 9.17) is 16.3 Å². The van der Waals surface area contributed by atoms with Crippen LogP contribution in [0.4, 0.5) is 0 Å². The first-order valence-corrected chi connectivity index (χ1v) is 4.51. The Bertz CT molecular complexity index is 350. The fourth-order valence-corrected chi connectivity index (χ4v) is 1.20. The van der Waals surface area contributed by atoms with E-state index in [0.29, 0.717) is 10.8 Å². The maximum absolute atomic E-state index is 10.0. The van der Waals surface area contributed by atoms with Crippen LogP contribution in [0.15, 0.2) is 35.7 Å². The molecule has 1 aromatic carbocycles. The second-order valence-corrected chi connectivity index (χ2v) is 3.05. The molecule has 0 N–H and O–H groups in total. The molecule has 0 aliphatic heterocycles. The maximum Gasteiger partial charge on any atom is 0.145 e. The molecule has 0 aliphatic rings. The van der Waals surface area contributed by atoms with Crippen LogP contribution in [-0.4, -0.2) is 0 Å². The molecule has 0 radical (unpaired) electrons. The third-order valence-electron chi connectivity index (χ3n) is 1.57. The van der Waals surface area contributed by atoms with Crippen molar-refractivity contribution in [3.05, 3.63) is 46.0 Å². The van der Waals surface area contributed by atoms with Crippen molar-refractivity contribution in [1.29, 1.82) is 0 Å². The van der Waals surface area contributed by atoms with Crippen LogP contribution in [0.3, 0.4) is 0 Å². The van der Waals surface area contributed by atoms with Crippen LogP contribution in [0.25, 0.3) is 0 Å². The SMILES string of the molecule is CC=COc1ccc(CN=O)cc1Cl. The molecular weight excluding hydrogens is 202 g/mol. The predicted octanol–water partition coefficient (Wildman–Crippen LogP) is 3.52. The number of hydrogen-bond acceptors (Lipinski definition) is 3. The van der Waals surface area contributed by atoms with Crippen LogP contribution in [0.1, 0.15) is 12.5 Å². The summed E-state index contributed by atoms with van der Waals surface area (Å²) in [7, 11) is 0. The van der Waals surface area contributed by atoms with Gasteiger partial charge in [0.2, 0.25) is 0 Å². The van der Waals surface area contributed by atoms with Crippen molar-refractivity contribution in [3.63, 3.8) is 0 Å². The molecule has 0 atom stereocenters. The summed E-state index contributed by atoms with van der Waals surface area (Å²) in [5, 5.41) is 3.25. The summed E-state index contributed by atoms with van der Waals surface area (Å²) in [5.74, 6) is 0.569. The molecule has 14 heavy (non-hydrogen) atoms. The number of rotatable bonds is 4. The average molecular weight is 212 g/mol. The smallest absolute Gasteiger partial charge is 0.145 e. The van der Waals surface area contributed by atoms with E-state index in [1.807, 2.05) is 6.92 Å². The van der Waals surface area contributed by atoms with Gasteiger partial charge in [-0.15, -0.1) is 0 Å². The molecule has 0 fully saturated rings. The highest BCUT2D eigenvalue weighted by Crippen LogP contribution is 2.25. The molecule has 0 aliphatic carbocycles. The van der Waals surface area contributed by atoms with Crippen LogP contribution in [0.5, 0.6) is 5.75 Å². The van der Waals surface area contributed by atoms with Crippen molar-refractivity contribution in [3.8, 4) is 5.75 Å². The fraction of sp³-hybridized carbons (Fsp3) is 0.200. The summed E-state index contributed by atoms with van der Waals surface area (Å²) in [6.45, 7) is 1.97. The highest BCUT2D eigenvalue weighted by molar-refractivity contribution is 6.32. The molecule has 4 heteroatoms. The van der Waals surface area contributed by atoms with Gasteiger partial charge in [-0.3, -0.25) is 0 Å². The summed E-state index contributed by atoms with van der Waals surface area (Å²) in [6.07, 6.45) is 3.30. The summed E-state index contributed by atoms with van der Waals surface area (Å²) < 4.78 is 5.20. The van der Waals surface area contributed by atoms with E-state index in [-0.39, 0.29) is 6.54 Å². The summed E-state index contributed by atoms with van der Waals surface area (Å²) >= 11 is 5.90. The van der Waals surface area contributed by atoms with Gasteiger partial charge in [0.25, 0.3) is 0 Å². The lowest BCUT2D eigenvalue weighted by molar-refractivity contribution is 0.480. The van der Waals surface area contributed by atoms with E-state index in [2.05, 4.69) is 5.18 Å². The number of hydrogen-bond donors (Lipinski definition) is 0.